The molecular formula is C6H7N3S. The van der Waals surface area contributed by atoms with E-state index in [0.717, 1.165) is 5.00 Å². The van der Waals surface area contributed by atoms with Gasteiger partial charge in [-0.2, -0.15) is 5.26 Å². The highest BCUT2D eigenvalue weighted by molar-refractivity contribution is 7.17. The van der Waals surface area contributed by atoms with Crippen LogP contribution in [0.15, 0.2) is 6.07 Å². The molecule has 0 aromatic carbocycles. The lowest BCUT2D eigenvalue weighted by molar-refractivity contribution is 1.52. The molecular weight excluding hydrogens is 146 g/mol. The van der Waals surface area contributed by atoms with E-state index in [0.29, 0.717) is 10.6 Å². The molecule has 0 fully saturated rings. The molecule has 10 heavy (non-hydrogen) atoms. The zero-order valence-corrected chi connectivity index (χ0v) is 6.33. The molecule has 1 heterocycles. The van der Waals surface area contributed by atoms with Crippen LogP contribution in [0.5, 0.6) is 0 Å². The first-order valence-electron chi connectivity index (χ1n) is 2.75. The lowest BCUT2D eigenvalue weighted by atomic mass is 10.4. The summed E-state index contributed by atoms with van der Waals surface area (Å²) in [5, 5.41) is 12.3. The lowest BCUT2D eigenvalue weighted by Crippen LogP contribution is -1.83. The Hall–Kier alpha value is -1.21. The van der Waals surface area contributed by atoms with Gasteiger partial charge < -0.3 is 11.1 Å². The Labute approximate surface area is 63.1 Å². The number of nitrogens with one attached hydrogen (secondary N) is 1. The maximum atomic E-state index is 8.48. The largest absolute Gasteiger partial charge is 0.397 e. The molecule has 3 N–H and O–H groups in total. The van der Waals surface area contributed by atoms with Crippen molar-refractivity contribution >= 4 is 22.0 Å². The van der Waals surface area contributed by atoms with Crippen LogP contribution in [0.1, 0.15) is 4.88 Å². The van der Waals surface area contributed by atoms with Crippen LogP contribution in [-0.2, 0) is 0 Å². The van der Waals surface area contributed by atoms with E-state index in [2.05, 4.69) is 5.32 Å². The van der Waals surface area contributed by atoms with E-state index in [9.17, 15) is 0 Å². The molecule has 0 unspecified atom stereocenters. The minimum absolute atomic E-state index is 0.553. The lowest BCUT2D eigenvalue weighted by Gasteiger charge is -1.86. The van der Waals surface area contributed by atoms with E-state index in [1.165, 1.54) is 11.3 Å². The minimum atomic E-state index is 0.553. The van der Waals surface area contributed by atoms with Crippen molar-refractivity contribution in [3.05, 3.63) is 10.9 Å². The molecule has 1 aromatic rings. The van der Waals surface area contributed by atoms with E-state index in [1.807, 2.05) is 6.07 Å². The molecule has 0 saturated carbocycles. The van der Waals surface area contributed by atoms with Crippen LogP contribution in [-0.4, -0.2) is 7.05 Å². The number of thiophene rings is 1. The number of hydrogen-bond donors (Lipinski definition) is 2. The van der Waals surface area contributed by atoms with Gasteiger partial charge >= 0.3 is 0 Å². The molecule has 0 amide bonds. The van der Waals surface area contributed by atoms with Gasteiger partial charge in [-0.25, -0.2) is 0 Å². The van der Waals surface area contributed by atoms with Crippen molar-refractivity contribution in [1.29, 1.82) is 5.26 Å². The summed E-state index contributed by atoms with van der Waals surface area (Å²) in [5.74, 6) is 0. The van der Waals surface area contributed by atoms with Gasteiger partial charge in [0, 0.05) is 7.05 Å². The van der Waals surface area contributed by atoms with Gasteiger partial charge in [0.05, 0.1) is 10.7 Å². The normalized spacial score (nSPS) is 8.80. The van der Waals surface area contributed by atoms with Crippen molar-refractivity contribution in [3.8, 4) is 6.07 Å². The number of nitrogen functional groups attached to an aromatic ring is 1. The van der Waals surface area contributed by atoms with Crippen molar-refractivity contribution in [3.63, 3.8) is 0 Å². The summed E-state index contributed by atoms with van der Waals surface area (Å²) in [5.41, 5.74) is 6.03. The van der Waals surface area contributed by atoms with Crippen molar-refractivity contribution in [2.45, 2.75) is 0 Å². The Morgan fingerprint density at radius 2 is 2.50 bits per heavy atom. The third-order valence-electron chi connectivity index (χ3n) is 1.11. The molecule has 4 heteroatoms. The SMILES string of the molecule is CNc1cc(N)c(C#N)s1. The molecule has 0 spiro atoms. The first kappa shape index (κ1) is 6.90. The molecule has 0 aliphatic rings. The number of rotatable bonds is 1. The quantitative estimate of drug-likeness (QED) is 0.638. The van der Waals surface area contributed by atoms with Gasteiger partial charge in [0.15, 0.2) is 0 Å². The maximum absolute atomic E-state index is 8.48. The van der Waals surface area contributed by atoms with Crippen LogP contribution in [0.3, 0.4) is 0 Å². The Bertz CT molecular complexity index is 271. The van der Waals surface area contributed by atoms with Crippen LogP contribution in [0, 0.1) is 11.3 Å². The maximum Gasteiger partial charge on any atom is 0.129 e. The van der Waals surface area contributed by atoms with Gasteiger partial charge in [-0.15, -0.1) is 11.3 Å². The fourth-order valence-corrected chi connectivity index (χ4v) is 1.35. The highest BCUT2D eigenvalue weighted by Crippen LogP contribution is 2.27. The molecule has 0 saturated heterocycles. The molecule has 1 rings (SSSR count). The van der Waals surface area contributed by atoms with Crippen molar-refractivity contribution in [1.82, 2.24) is 0 Å². The van der Waals surface area contributed by atoms with Gasteiger partial charge in [-0.05, 0) is 6.07 Å². The fourth-order valence-electron chi connectivity index (χ4n) is 0.616. The standard InChI is InChI=1S/C6H7N3S/c1-9-6-2-4(8)5(3-7)10-6/h2,9H,8H2,1H3. The van der Waals surface area contributed by atoms with Gasteiger partial charge in [0.1, 0.15) is 10.9 Å². The third kappa shape index (κ3) is 1.04. The summed E-state index contributed by atoms with van der Waals surface area (Å²) in [6.07, 6.45) is 0. The summed E-state index contributed by atoms with van der Waals surface area (Å²) in [6.45, 7) is 0. The minimum Gasteiger partial charge on any atom is -0.397 e. The van der Waals surface area contributed by atoms with Crippen molar-refractivity contribution < 1.29 is 0 Å². The van der Waals surface area contributed by atoms with Gasteiger partial charge in [0.25, 0.3) is 0 Å². The Morgan fingerprint density at radius 3 is 2.80 bits per heavy atom. The first-order chi connectivity index (χ1) is 4.77. The highest BCUT2D eigenvalue weighted by atomic mass is 32.1. The molecule has 0 aliphatic carbocycles. The van der Waals surface area contributed by atoms with Crippen molar-refractivity contribution in [2.24, 2.45) is 0 Å². The number of anilines is 2. The average Bonchev–Trinajstić information content (AvgIpc) is 2.30. The predicted octanol–water partition coefficient (Wildman–Crippen LogP) is 1.24. The Morgan fingerprint density at radius 1 is 1.80 bits per heavy atom. The van der Waals surface area contributed by atoms with E-state index in [-0.39, 0.29) is 0 Å². The smallest absolute Gasteiger partial charge is 0.129 e. The number of nitriles is 1. The topological polar surface area (TPSA) is 61.8 Å². The number of nitrogens with two attached hydrogens (primary N) is 1. The number of nitrogens with zero attached hydrogens (tertiary/aromatic N) is 1. The second-order valence-electron chi connectivity index (χ2n) is 1.76. The summed E-state index contributed by atoms with van der Waals surface area (Å²) >= 11 is 1.36. The summed E-state index contributed by atoms with van der Waals surface area (Å²) in [6, 6.07) is 3.76. The fraction of sp³-hybridized carbons (Fsp3) is 0.167. The Balaban J connectivity index is 3.07. The molecule has 52 valence electrons. The second kappa shape index (κ2) is 2.58. The zero-order valence-electron chi connectivity index (χ0n) is 5.51. The molecule has 0 atom stereocenters. The van der Waals surface area contributed by atoms with Crippen LogP contribution in [0.2, 0.25) is 0 Å². The molecule has 0 aliphatic heterocycles. The molecule has 0 radical (unpaired) electrons. The van der Waals surface area contributed by atoms with Crippen molar-refractivity contribution in [2.75, 3.05) is 18.1 Å². The van der Waals surface area contributed by atoms with E-state index in [4.69, 9.17) is 11.0 Å². The van der Waals surface area contributed by atoms with Crippen LogP contribution < -0.4 is 11.1 Å². The monoisotopic (exact) mass is 153 g/mol. The molecule has 0 bridgehead atoms. The Kier molecular flexibility index (Phi) is 1.78. The van der Waals surface area contributed by atoms with Gasteiger partial charge in [-0.1, -0.05) is 0 Å². The van der Waals surface area contributed by atoms with Gasteiger partial charge in [-0.3, -0.25) is 0 Å². The van der Waals surface area contributed by atoms with Crippen LogP contribution in [0.25, 0.3) is 0 Å². The van der Waals surface area contributed by atoms with E-state index >= 15 is 0 Å². The highest BCUT2D eigenvalue weighted by Gasteiger charge is 2.02. The molecule has 3 nitrogen and oxygen atoms in total. The summed E-state index contributed by atoms with van der Waals surface area (Å²) in [7, 11) is 1.80. The summed E-state index contributed by atoms with van der Waals surface area (Å²) in [4.78, 5) is 0.573. The zero-order chi connectivity index (χ0) is 7.56. The number of hydrogen-bond acceptors (Lipinski definition) is 4. The average molecular weight is 153 g/mol. The van der Waals surface area contributed by atoms with Crippen LogP contribution in [0.4, 0.5) is 10.7 Å². The van der Waals surface area contributed by atoms with Crippen LogP contribution >= 0.6 is 11.3 Å². The van der Waals surface area contributed by atoms with Gasteiger partial charge in [0.2, 0.25) is 0 Å². The van der Waals surface area contributed by atoms with E-state index in [1.54, 1.807) is 13.1 Å². The third-order valence-corrected chi connectivity index (χ3v) is 2.18. The summed E-state index contributed by atoms with van der Waals surface area (Å²) < 4.78 is 0. The molecule has 1 aromatic heterocycles. The van der Waals surface area contributed by atoms with E-state index < -0.39 is 0 Å². The first-order valence-corrected chi connectivity index (χ1v) is 3.56. The predicted molar refractivity (Wildman–Crippen MR) is 43.0 cm³/mol. The second-order valence-corrected chi connectivity index (χ2v) is 2.81.